The molecule has 4 rings (SSSR count). The molecule has 29 heavy (non-hydrogen) atoms. The minimum atomic E-state index is -0.739. The molecule has 0 amide bonds. The highest BCUT2D eigenvalue weighted by molar-refractivity contribution is 5.89. The molecule has 2 heterocycles. The summed E-state index contributed by atoms with van der Waals surface area (Å²) in [4.78, 5) is 12.0. The number of phenols is 3. The van der Waals surface area contributed by atoms with Gasteiger partial charge in [0.15, 0.2) is 16.9 Å². The van der Waals surface area contributed by atoms with Gasteiger partial charge in [0.05, 0.1) is 6.61 Å². The van der Waals surface area contributed by atoms with E-state index in [0.717, 1.165) is 32.3 Å². The maximum atomic E-state index is 12.0. The fourth-order valence-corrected chi connectivity index (χ4v) is 3.06. The van der Waals surface area contributed by atoms with Crippen molar-refractivity contribution in [1.29, 1.82) is 0 Å². The lowest BCUT2D eigenvalue weighted by Crippen LogP contribution is -2.50. The maximum Gasteiger partial charge on any atom is 0.201 e. The highest BCUT2D eigenvalue weighted by Crippen LogP contribution is 2.40. The number of nitrogens with one attached hydrogen (secondary N) is 2. The van der Waals surface area contributed by atoms with Gasteiger partial charge in [-0.15, -0.1) is 0 Å². The van der Waals surface area contributed by atoms with Gasteiger partial charge in [-0.25, -0.2) is 0 Å². The third-order valence-corrected chi connectivity index (χ3v) is 4.50. The zero-order valence-electron chi connectivity index (χ0n) is 16.0. The summed E-state index contributed by atoms with van der Waals surface area (Å²) in [5.41, 5.74) is 0.195. The van der Waals surface area contributed by atoms with Crippen LogP contribution in [0.15, 0.2) is 51.7 Å². The van der Waals surface area contributed by atoms with Gasteiger partial charge in [-0.2, -0.15) is 0 Å². The van der Waals surface area contributed by atoms with Gasteiger partial charge in [0.1, 0.15) is 16.7 Å². The zero-order valence-corrected chi connectivity index (χ0v) is 16.0. The molecule has 5 N–H and O–H groups in total. The van der Waals surface area contributed by atoms with Gasteiger partial charge in [0.25, 0.3) is 0 Å². The SMILES string of the molecule is COCC1CNCCN1.O=c1cc(-c2ccccc2)oc2cc(O)c(O)c(O)c12. The molecular formula is C21H24N2O6. The molecule has 1 fully saturated rings. The van der Waals surface area contributed by atoms with E-state index in [1.54, 1.807) is 31.4 Å². The van der Waals surface area contributed by atoms with Gasteiger partial charge in [0, 0.05) is 50.5 Å². The van der Waals surface area contributed by atoms with Crippen molar-refractivity contribution < 1.29 is 24.5 Å². The van der Waals surface area contributed by atoms with E-state index in [4.69, 9.17) is 9.15 Å². The summed E-state index contributed by atoms with van der Waals surface area (Å²) in [6, 6.07) is 11.8. The molecule has 0 radical (unpaired) electrons. The van der Waals surface area contributed by atoms with Crippen molar-refractivity contribution in [3.05, 3.63) is 52.7 Å². The number of hydrogen-bond acceptors (Lipinski definition) is 8. The first kappa shape index (κ1) is 20.7. The van der Waals surface area contributed by atoms with Gasteiger partial charge in [-0.05, 0) is 0 Å². The molecule has 1 unspecified atom stereocenters. The summed E-state index contributed by atoms with van der Waals surface area (Å²) in [6.07, 6.45) is 0. The Hall–Kier alpha value is -3.07. The molecule has 8 nitrogen and oxygen atoms in total. The van der Waals surface area contributed by atoms with Crippen LogP contribution in [0.3, 0.4) is 0 Å². The fourth-order valence-electron chi connectivity index (χ4n) is 3.06. The molecule has 8 heteroatoms. The monoisotopic (exact) mass is 400 g/mol. The Bertz CT molecular complexity index is 1010. The van der Waals surface area contributed by atoms with Crippen LogP contribution in [0.4, 0.5) is 0 Å². The van der Waals surface area contributed by atoms with E-state index in [2.05, 4.69) is 10.6 Å². The normalized spacial score (nSPS) is 16.2. The molecule has 1 aliphatic rings. The van der Waals surface area contributed by atoms with E-state index in [-0.39, 0.29) is 11.0 Å². The van der Waals surface area contributed by atoms with Crippen LogP contribution in [0.5, 0.6) is 17.2 Å². The van der Waals surface area contributed by atoms with Gasteiger partial charge in [-0.3, -0.25) is 4.79 Å². The molecule has 1 aliphatic heterocycles. The lowest BCUT2D eigenvalue weighted by molar-refractivity contribution is 0.159. The van der Waals surface area contributed by atoms with Crippen LogP contribution >= 0.6 is 0 Å². The predicted molar refractivity (Wildman–Crippen MR) is 109 cm³/mol. The molecule has 3 aromatic rings. The predicted octanol–water partition coefficient (Wildman–Crippen LogP) is 1.77. The third kappa shape index (κ3) is 4.86. The highest BCUT2D eigenvalue weighted by Gasteiger charge is 2.17. The number of hydrogen-bond donors (Lipinski definition) is 5. The number of piperazine rings is 1. The topological polar surface area (TPSA) is 124 Å². The molecule has 154 valence electrons. The van der Waals surface area contributed by atoms with Gasteiger partial charge < -0.3 is 35.1 Å². The van der Waals surface area contributed by atoms with E-state index in [1.807, 2.05) is 6.07 Å². The van der Waals surface area contributed by atoms with E-state index in [9.17, 15) is 20.1 Å². The first-order valence-corrected chi connectivity index (χ1v) is 9.21. The summed E-state index contributed by atoms with van der Waals surface area (Å²) >= 11 is 0. The number of methoxy groups -OCH3 is 1. The highest BCUT2D eigenvalue weighted by atomic mass is 16.5. The maximum absolute atomic E-state index is 12.0. The fraction of sp³-hybridized carbons (Fsp3) is 0.286. The van der Waals surface area contributed by atoms with E-state index in [1.165, 1.54) is 6.07 Å². The number of rotatable bonds is 3. The van der Waals surface area contributed by atoms with Crippen molar-refractivity contribution in [2.24, 2.45) is 0 Å². The number of ether oxygens (including phenoxy) is 1. The van der Waals surface area contributed by atoms with Crippen molar-refractivity contribution in [1.82, 2.24) is 10.6 Å². The van der Waals surface area contributed by atoms with Gasteiger partial charge >= 0.3 is 0 Å². The molecular weight excluding hydrogens is 376 g/mol. The number of aromatic hydroxyl groups is 3. The van der Waals surface area contributed by atoms with E-state index < -0.39 is 22.7 Å². The first-order valence-electron chi connectivity index (χ1n) is 9.21. The van der Waals surface area contributed by atoms with Crippen LogP contribution in [0.25, 0.3) is 22.3 Å². The van der Waals surface area contributed by atoms with Crippen molar-refractivity contribution in [2.45, 2.75) is 6.04 Å². The lowest BCUT2D eigenvalue weighted by Gasteiger charge is -2.23. The molecule has 0 spiro atoms. The van der Waals surface area contributed by atoms with Crippen molar-refractivity contribution >= 4 is 11.0 Å². The summed E-state index contributed by atoms with van der Waals surface area (Å²) in [6.45, 7) is 4.00. The summed E-state index contributed by atoms with van der Waals surface area (Å²) < 4.78 is 10.5. The standard InChI is InChI=1S/C15H10O5.C6H14N2O/c16-9-6-11(8-4-2-1-3-5-8)20-12-7-10(17)14(18)15(19)13(9)12;1-9-5-6-4-7-2-3-8-6/h1-7,17-19H;6-8H,2-5H2,1H3. The first-order chi connectivity index (χ1) is 14.0. The molecule has 1 atom stereocenters. The Morgan fingerprint density at radius 3 is 2.52 bits per heavy atom. The smallest absolute Gasteiger partial charge is 0.201 e. The second-order valence-corrected chi connectivity index (χ2v) is 6.62. The van der Waals surface area contributed by atoms with Crippen molar-refractivity contribution in [3.63, 3.8) is 0 Å². The molecule has 0 bridgehead atoms. The van der Waals surface area contributed by atoms with Crippen LogP contribution in [0, 0.1) is 0 Å². The summed E-state index contributed by atoms with van der Waals surface area (Å²) in [5, 5.41) is 35.1. The zero-order chi connectivity index (χ0) is 20.8. The van der Waals surface area contributed by atoms with Crippen molar-refractivity contribution in [3.8, 4) is 28.6 Å². The van der Waals surface area contributed by atoms with Crippen molar-refractivity contribution in [2.75, 3.05) is 33.4 Å². The minimum absolute atomic E-state index is 0.00385. The van der Waals surface area contributed by atoms with Crippen LogP contribution in [-0.4, -0.2) is 54.7 Å². The lowest BCUT2D eigenvalue weighted by atomic mass is 10.1. The Labute approximate surface area is 167 Å². The molecule has 0 aliphatic carbocycles. The Balaban J connectivity index is 0.000000224. The van der Waals surface area contributed by atoms with Crippen LogP contribution < -0.4 is 16.1 Å². The number of phenolic OH excluding ortho intramolecular Hbond substituents is 3. The summed E-state index contributed by atoms with van der Waals surface area (Å²) in [5.74, 6) is -1.67. The summed E-state index contributed by atoms with van der Waals surface area (Å²) in [7, 11) is 1.73. The van der Waals surface area contributed by atoms with Gasteiger partial charge in [0.2, 0.25) is 5.75 Å². The largest absolute Gasteiger partial charge is 0.504 e. The van der Waals surface area contributed by atoms with E-state index in [0.29, 0.717) is 17.4 Å². The van der Waals surface area contributed by atoms with Crippen LogP contribution in [0.2, 0.25) is 0 Å². The average molecular weight is 400 g/mol. The average Bonchev–Trinajstić information content (AvgIpc) is 2.74. The molecule has 1 aromatic heterocycles. The second-order valence-electron chi connectivity index (χ2n) is 6.62. The molecule has 1 saturated heterocycles. The number of benzene rings is 2. The van der Waals surface area contributed by atoms with Gasteiger partial charge in [-0.1, -0.05) is 30.3 Å². The van der Waals surface area contributed by atoms with E-state index >= 15 is 0 Å². The molecule has 0 saturated carbocycles. The third-order valence-electron chi connectivity index (χ3n) is 4.50. The quantitative estimate of drug-likeness (QED) is 0.422. The molecule has 2 aromatic carbocycles. The second kappa shape index (κ2) is 9.42. The Morgan fingerprint density at radius 2 is 1.86 bits per heavy atom. The van der Waals surface area contributed by atoms with Crippen LogP contribution in [0.1, 0.15) is 0 Å². The number of fused-ring (bicyclic) bond motifs is 1. The minimum Gasteiger partial charge on any atom is -0.504 e. The van der Waals surface area contributed by atoms with Crippen LogP contribution in [-0.2, 0) is 4.74 Å². The Morgan fingerprint density at radius 1 is 1.10 bits per heavy atom. The Kier molecular flexibility index (Phi) is 6.71.